The molecule has 0 unspecified atom stereocenters. The van der Waals surface area contributed by atoms with Crippen LogP contribution in [0.1, 0.15) is 55.6 Å². The molecule has 0 saturated carbocycles. The zero-order chi connectivity index (χ0) is 18.6. The summed E-state index contributed by atoms with van der Waals surface area (Å²) in [7, 11) is 0. The van der Waals surface area contributed by atoms with Crippen molar-refractivity contribution in [2.24, 2.45) is 0 Å². The highest BCUT2D eigenvalue weighted by Crippen LogP contribution is 2.35. The van der Waals surface area contributed by atoms with Crippen molar-refractivity contribution in [2.75, 3.05) is 19.6 Å². The minimum atomic E-state index is 0.210. The third kappa shape index (κ3) is 4.22. The maximum Gasteiger partial charge on any atom is 0.219 e. The highest BCUT2D eigenvalue weighted by Gasteiger charge is 2.34. The van der Waals surface area contributed by atoms with Gasteiger partial charge in [-0.2, -0.15) is 0 Å². The average Bonchev–Trinajstić information content (AvgIpc) is 3.19. The third-order valence-electron chi connectivity index (χ3n) is 6.07. The molecule has 2 aliphatic heterocycles. The molecular formula is C23H29N3O. The van der Waals surface area contributed by atoms with Gasteiger partial charge in [-0.1, -0.05) is 36.4 Å². The molecule has 0 spiro atoms. The van der Waals surface area contributed by atoms with Crippen molar-refractivity contribution in [1.82, 2.24) is 14.8 Å². The van der Waals surface area contributed by atoms with Crippen LogP contribution in [-0.2, 0) is 11.2 Å². The van der Waals surface area contributed by atoms with Crippen molar-refractivity contribution in [3.63, 3.8) is 0 Å². The van der Waals surface area contributed by atoms with E-state index in [-0.39, 0.29) is 5.91 Å². The summed E-state index contributed by atoms with van der Waals surface area (Å²) in [5, 5.41) is 0. The summed E-state index contributed by atoms with van der Waals surface area (Å²) in [6.07, 6.45) is 5.48. The van der Waals surface area contributed by atoms with Crippen molar-refractivity contribution in [2.45, 2.75) is 51.1 Å². The third-order valence-corrected chi connectivity index (χ3v) is 6.07. The Kier molecular flexibility index (Phi) is 5.53. The molecule has 0 N–H and O–H groups in total. The molecule has 2 aliphatic rings. The Labute approximate surface area is 162 Å². The predicted octanol–water partition coefficient (Wildman–Crippen LogP) is 3.82. The van der Waals surface area contributed by atoms with E-state index in [0.717, 1.165) is 44.6 Å². The summed E-state index contributed by atoms with van der Waals surface area (Å²) in [6, 6.07) is 18.1. The highest BCUT2D eigenvalue weighted by atomic mass is 16.2. The fourth-order valence-electron chi connectivity index (χ4n) is 4.64. The molecule has 4 rings (SSSR count). The van der Waals surface area contributed by atoms with Gasteiger partial charge in [0.15, 0.2) is 0 Å². The Morgan fingerprint density at radius 2 is 1.78 bits per heavy atom. The van der Waals surface area contributed by atoms with Crippen LogP contribution in [0.4, 0.5) is 0 Å². The van der Waals surface area contributed by atoms with Crippen LogP contribution in [-0.4, -0.2) is 46.4 Å². The summed E-state index contributed by atoms with van der Waals surface area (Å²) < 4.78 is 0. The van der Waals surface area contributed by atoms with Crippen molar-refractivity contribution in [1.29, 1.82) is 0 Å². The second-order valence-electron chi connectivity index (χ2n) is 7.85. The van der Waals surface area contributed by atoms with E-state index in [9.17, 15) is 4.79 Å². The van der Waals surface area contributed by atoms with E-state index in [0.29, 0.717) is 12.1 Å². The Morgan fingerprint density at radius 1 is 1.00 bits per heavy atom. The molecule has 2 fully saturated rings. The fraction of sp³-hybridized carbons (Fsp3) is 0.478. The normalized spacial score (nSPS) is 21.5. The minimum Gasteiger partial charge on any atom is -0.343 e. The Bertz CT molecular complexity index is 768. The van der Waals surface area contributed by atoms with Crippen LogP contribution in [0.2, 0.25) is 0 Å². The molecule has 0 radical (unpaired) electrons. The molecule has 2 aromatic rings. The van der Waals surface area contributed by atoms with E-state index in [1.807, 2.05) is 4.90 Å². The number of rotatable bonds is 4. The van der Waals surface area contributed by atoms with Crippen LogP contribution in [0.5, 0.6) is 0 Å². The van der Waals surface area contributed by atoms with E-state index in [2.05, 4.69) is 53.4 Å². The van der Waals surface area contributed by atoms with Crippen LogP contribution >= 0.6 is 0 Å². The zero-order valence-electron chi connectivity index (χ0n) is 16.2. The van der Waals surface area contributed by atoms with Crippen LogP contribution < -0.4 is 0 Å². The lowest BCUT2D eigenvalue weighted by molar-refractivity contribution is -0.130. The summed E-state index contributed by atoms with van der Waals surface area (Å²) in [6.45, 7) is 4.62. The van der Waals surface area contributed by atoms with E-state index >= 15 is 0 Å². The molecule has 142 valence electrons. The predicted molar refractivity (Wildman–Crippen MR) is 107 cm³/mol. The zero-order valence-corrected chi connectivity index (χ0v) is 16.2. The largest absolute Gasteiger partial charge is 0.343 e. The number of nitrogens with zero attached hydrogens (tertiary/aromatic N) is 3. The first kappa shape index (κ1) is 18.2. The number of amides is 1. The number of likely N-dealkylation sites (tertiary alicyclic amines) is 2. The van der Waals surface area contributed by atoms with Gasteiger partial charge in [0.05, 0.1) is 11.7 Å². The first-order valence-electron chi connectivity index (χ1n) is 10.2. The molecule has 4 nitrogen and oxygen atoms in total. The molecule has 1 amide bonds. The van der Waals surface area contributed by atoms with Crippen molar-refractivity contribution in [3.8, 4) is 0 Å². The standard InChI is InChI=1S/C23H29N3O/c1-18(27)25-15-12-21(13-16-25)26-14-6-11-23(26)22-10-5-9-20(24-22)17-19-7-3-2-4-8-19/h2-5,7-10,21,23H,6,11-17H2,1H3/t23-/m0/s1. The average molecular weight is 364 g/mol. The van der Waals surface area contributed by atoms with Gasteiger partial charge in [-0.05, 0) is 49.9 Å². The van der Waals surface area contributed by atoms with Crippen LogP contribution in [0.25, 0.3) is 0 Å². The lowest BCUT2D eigenvalue weighted by Gasteiger charge is -2.39. The van der Waals surface area contributed by atoms with Gasteiger partial charge in [0.25, 0.3) is 0 Å². The summed E-state index contributed by atoms with van der Waals surface area (Å²) in [5.41, 5.74) is 3.67. The molecule has 0 bridgehead atoms. The van der Waals surface area contributed by atoms with E-state index < -0.39 is 0 Å². The fourth-order valence-corrected chi connectivity index (χ4v) is 4.64. The van der Waals surface area contributed by atoms with Gasteiger partial charge in [-0.15, -0.1) is 0 Å². The maximum absolute atomic E-state index is 11.6. The molecule has 0 aliphatic carbocycles. The minimum absolute atomic E-state index is 0.210. The topological polar surface area (TPSA) is 36.4 Å². The number of pyridine rings is 1. The lowest BCUT2D eigenvalue weighted by atomic mass is 10.0. The Morgan fingerprint density at radius 3 is 2.52 bits per heavy atom. The van der Waals surface area contributed by atoms with Crippen molar-refractivity contribution >= 4 is 5.91 Å². The molecule has 1 atom stereocenters. The van der Waals surface area contributed by atoms with Crippen molar-refractivity contribution < 1.29 is 4.79 Å². The Balaban J connectivity index is 1.46. The van der Waals surface area contributed by atoms with Gasteiger partial charge < -0.3 is 4.90 Å². The number of piperidine rings is 1. The molecule has 1 aromatic heterocycles. The summed E-state index contributed by atoms with van der Waals surface area (Å²) in [4.78, 5) is 21.3. The van der Waals surface area contributed by atoms with Crippen LogP contribution in [0.3, 0.4) is 0 Å². The van der Waals surface area contributed by atoms with Gasteiger partial charge in [-0.3, -0.25) is 14.7 Å². The van der Waals surface area contributed by atoms with Gasteiger partial charge >= 0.3 is 0 Å². The summed E-state index contributed by atoms with van der Waals surface area (Å²) >= 11 is 0. The van der Waals surface area contributed by atoms with Crippen LogP contribution in [0, 0.1) is 0 Å². The SMILES string of the molecule is CC(=O)N1CCC(N2CCC[C@H]2c2cccc(Cc3ccccc3)n2)CC1. The second-order valence-corrected chi connectivity index (χ2v) is 7.85. The Hall–Kier alpha value is -2.20. The number of aromatic nitrogens is 1. The summed E-state index contributed by atoms with van der Waals surface area (Å²) in [5.74, 6) is 0.210. The monoisotopic (exact) mass is 363 g/mol. The highest BCUT2D eigenvalue weighted by molar-refractivity contribution is 5.73. The smallest absolute Gasteiger partial charge is 0.219 e. The van der Waals surface area contributed by atoms with E-state index in [1.165, 1.54) is 24.1 Å². The van der Waals surface area contributed by atoms with Gasteiger partial charge in [0.1, 0.15) is 0 Å². The van der Waals surface area contributed by atoms with Crippen molar-refractivity contribution in [3.05, 3.63) is 65.5 Å². The maximum atomic E-state index is 11.6. The van der Waals surface area contributed by atoms with E-state index in [1.54, 1.807) is 6.92 Å². The molecule has 1 aromatic carbocycles. The molecule has 4 heteroatoms. The van der Waals surface area contributed by atoms with Crippen LogP contribution in [0.15, 0.2) is 48.5 Å². The van der Waals surface area contributed by atoms with Gasteiger partial charge in [0.2, 0.25) is 5.91 Å². The lowest BCUT2D eigenvalue weighted by Crippen LogP contribution is -2.46. The number of hydrogen-bond donors (Lipinski definition) is 0. The number of carbonyl (C=O) groups is 1. The number of carbonyl (C=O) groups excluding carboxylic acids is 1. The molecule has 2 saturated heterocycles. The second kappa shape index (κ2) is 8.22. The molecular weight excluding hydrogens is 334 g/mol. The molecule has 27 heavy (non-hydrogen) atoms. The first-order chi connectivity index (χ1) is 13.2. The quantitative estimate of drug-likeness (QED) is 0.829. The first-order valence-corrected chi connectivity index (χ1v) is 10.2. The van der Waals surface area contributed by atoms with Gasteiger partial charge in [0, 0.05) is 38.2 Å². The van der Waals surface area contributed by atoms with E-state index in [4.69, 9.17) is 4.98 Å². The number of benzene rings is 1. The number of hydrogen-bond acceptors (Lipinski definition) is 3. The molecule has 3 heterocycles. The van der Waals surface area contributed by atoms with Gasteiger partial charge in [-0.25, -0.2) is 0 Å².